The van der Waals surface area contributed by atoms with Gasteiger partial charge in [0.2, 0.25) is 5.88 Å². The Morgan fingerprint density at radius 3 is 2.35 bits per heavy atom. The fraction of sp³-hybridized carbons (Fsp3) is 0.200. The third-order valence-electron chi connectivity index (χ3n) is 2.96. The average molecular weight is 292 g/mol. The summed E-state index contributed by atoms with van der Waals surface area (Å²) in [5.41, 5.74) is 2.40. The number of pyridine rings is 1. The van der Waals surface area contributed by atoms with Gasteiger partial charge in [0.1, 0.15) is 11.3 Å². The zero-order chi connectivity index (χ0) is 14.9. The number of nitrogens with zero attached hydrogens (tertiary/aromatic N) is 1. The Hall–Kier alpha value is -2.07. The molecule has 0 fully saturated rings. The lowest BCUT2D eigenvalue weighted by Gasteiger charge is -2.11. The summed E-state index contributed by atoms with van der Waals surface area (Å²) in [7, 11) is 0. The zero-order valence-corrected chi connectivity index (χ0v) is 12.2. The molecule has 0 aliphatic carbocycles. The van der Waals surface area contributed by atoms with E-state index >= 15 is 0 Å². The number of carbonyl (C=O) groups is 1. The number of rotatable bonds is 3. The van der Waals surface area contributed by atoms with Crippen molar-refractivity contribution in [2.75, 3.05) is 0 Å². The predicted molar refractivity (Wildman–Crippen MR) is 76.9 cm³/mol. The third kappa shape index (κ3) is 2.75. The molecule has 1 heterocycles. The summed E-state index contributed by atoms with van der Waals surface area (Å²) < 4.78 is 5.62. The molecule has 0 spiro atoms. The number of halogens is 1. The number of aromatic nitrogens is 1. The minimum atomic E-state index is -1.06. The number of hydrogen-bond donors (Lipinski definition) is 1. The van der Waals surface area contributed by atoms with E-state index < -0.39 is 5.97 Å². The number of carboxylic acid groups (broad SMARTS) is 1. The highest BCUT2D eigenvalue weighted by Crippen LogP contribution is 2.30. The number of ether oxygens (including phenoxy) is 1. The van der Waals surface area contributed by atoms with Gasteiger partial charge in [-0.15, -0.1) is 0 Å². The lowest BCUT2D eigenvalue weighted by Crippen LogP contribution is -2.04. The Morgan fingerprint density at radius 1 is 1.20 bits per heavy atom. The molecule has 0 aliphatic heterocycles. The van der Waals surface area contributed by atoms with Crippen LogP contribution in [0.3, 0.4) is 0 Å². The van der Waals surface area contributed by atoms with Crippen LogP contribution >= 0.6 is 11.6 Å². The van der Waals surface area contributed by atoms with Gasteiger partial charge in [-0.1, -0.05) is 11.6 Å². The van der Waals surface area contributed by atoms with Gasteiger partial charge in [0, 0.05) is 11.2 Å². The van der Waals surface area contributed by atoms with Crippen LogP contribution in [0.25, 0.3) is 0 Å². The lowest BCUT2D eigenvalue weighted by atomic mass is 10.1. The molecule has 1 aromatic heterocycles. The summed E-state index contributed by atoms with van der Waals surface area (Å²) >= 11 is 6.09. The molecule has 104 valence electrons. The second kappa shape index (κ2) is 5.51. The number of aromatic carboxylic acids is 1. The van der Waals surface area contributed by atoms with E-state index in [9.17, 15) is 9.90 Å². The highest BCUT2D eigenvalue weighted by molar-refractivity contribution is 6.32. The van der Waals surface area contributed by atoms with Gasteiger partial charge < -0.3 is 9.84 Å². The van der Waals surface area contributed by atoms with Gasteiger partial charge in [0.05, 0.1) is 0 Å². The zero-order valence-electron chi connectivity index (χ0n) is 11.4. The molecule has 20 heavy (non-hydrogen) atoms. The van der Waals surface area contributed by atoms with Crippen molar-refractivity contribution in [2.45, 2.75) is 20.8 Å². The highest BCUT2D eigenvalue weighted by atomic mass is 35.5. The van der Waals surface area contributed by atoms with Gasteiger partial charge in [-0.05, 0) is 55.7 Å². The molecule has 0 radical (unpaired) electrons. The number of benzene rings is 1. The summed E-state index contributed by atoms with van der Waals surface area (Å²) in [6, 6.07) is 5.14. The Kier molecular flexibility index (Phi) is 3.95. The van der Waals surface area contributed by atoms with Crippen LogP contribution in [0.2, 0.25) is 5.02 Å². The Bertz CT molecular complexity index is 660. The fourth-order valence-electron chi connectivity index (χ4n) is 1.95. The van der Waals surface area contributed by atoms with Crippen molar-refractivity contribution >= 4 is 17.6 Å². The van der Waals surface area contributed by atoms with Crippen LogP contribution in [0.15, 0.2) is 24.4 Å². The number of carboxylic acids is 1. The molecule has 0 amide bonds. The molecule has 0 saturated heterocycles. The second-order valence-electron chi connectivity index (χ2n) is 4.59. The Morgan fingerprint density at radius 2 is 1.80 bits per heavy atom. The van der Waals surface area contributed by atoms with Crippen molar-refractivity contribution in [3.63, 3.8) is 0 Å². The Labute approximate surface area is 122 Å². The summed E-state index contributed by atoms with van der Waals surface area (Å²) in [6.07, 6.45) is 1.52. The molecule has 4 nitrogen and oxygen atoms in total. The van der Waals surface area contributed by atoms with E-state index in [1.807, 2.05) is 13.8 Å². The first-order valence-electron chi connectivity index (χ1n) is 6.03. The predicted octanol–water partition coefficient (Wildman–Crippen LogP) is 4.15. The minimum Gasteiger partial charge on any atom is -0.477 e. The molecular formula is C15H14ClNO3. The van der Waals surface area contributed by atoms with E-state index in [1.165, 1.54) is 6.20 Å². The van der Waals surface area contributed by atoms with Gasteiger partial charge in [0.15, 0.2) is 0 Å². The maximum Gasteiger partial charge on any atom is 0.341 e. The van der Waals surface area contributed by atoms with Crippen molar-refractivity contribution in [2.24, 2.45) is 0 Å². The van der Waals surface area contributed by atoms with Gasteiger partial charge in [0.25, 0.3) is 0 Å². The topological polar surface area (TPSA) is 59.4 Å². The van der Waals surface area contributed by atoms with E-state index in [0.717, 1.165) is 11.1 Å². The maximum absolute atomic E-state index is 11.3. The third-order valence-corrected chi connectivity index (χ3v) is 3.56. The summed E-state index contributed by atoms with van der Waals surface area (Å²) in [5.74, 6) is -0.461. The normalized spacial score (nSPS) is 10.4. The molecular weight excluding hydrogens is 278 g/mol. The van der Waals surface area contributed by atoms with E-state index in [1.54, 1.807) is 25.1 Å². The number of hydrogen-bond acceptors (Lipinski definition) is 3. The quantitative estimate of drug-likeness (QED) is 0.923. The molecule has 5 heteroatoms. The molecule has 0 unspecified atom stereocenters. The standard InChI is InChI=1S/C15H14ClNO3/c1-8-4-5-17-14(12(8)15(18)19)20-11-6-9(2)13(16)10(3)7-11/h4-7H,1-3H3,(H,18,19). The molecule has 1 aromatic carbocycles. The van der Waals surface area contributed by atoms with Crippen LogP contribution in [0, 0.1) is 20.8 Å². The van der Waals surface area contributed by atoms with Crippen LogP contribution < -0.4 is 4.74 Å². The molecule has 2 rings (SSSR count). The monoisotopic (exact) mass is 291 g/mol. The first-order valence-corrected chi connectivity index (χ1v) is 6.41. The first kappa shape index (κ1) is 14.3. The van der Waals surface area contributed by atoms with E-state index in [-0.39, 0.29) is 11.4 Å². The summed E-state index contributed by atoms with van der Waals surface area (Å²) in [5, 5.41) is 9.91. The van der Waals surface area contributed by atoms with Crippen molar-refractivity contribution in [1.29, 1.82) is 0 Å². The van der Waals surface area contributed by atoms with Gasteiger partial charge in [-0.25, -0.2) is 9.78 Å². The Balaban J connectivity index is 2.45. The molecule has 0 bridgehead atoms. The molecule has 1 N–H and O–H groups in total. The van der Waals surface area contributed by atoms with Crippen molar-refractivity contribution < 1.29 is 14.6 Å². The van der Waals surface area contributed by atoms with E-state index in [4.69, 9.17) is 16.3 Å². The van der Waals surface area contributed by atoms with Crippen LogP contribution in [-0.2, 0) is 0 Å². The van der Waals surface area contributed by atoms with Crippen molar-refractivity contribution in [3.05, 3.63) is 51.7 Å². The maximum atomic E-state index is 11.3. The van der Waals surface area contributed by atoms with Crippen LogP contribution in [0.5, 0.6) is 11.6 Å². The van der Waals surface area contributed by atoms with E-state index in [2.05, 4.69) is 4.98 Å². The molecule has 0 saturated carbocycles. The fourth-order valence-corrected chi connectivity index (χ4v) is 2.06. The van der Waals surface area contributed by atoms with Gasteiger partial charge in [-0.2, -0.15) is 0 Å². The van der Waals surface area contributed by atoms with Crippen molar-refractivity contribution in [1.82, 2.24) is 4.98 Å². The van der Waals surface area contributed by atoms with Crippen LogP contribution in [0.4, 0.5) is 0 Å². The molecule has 2 aromatic rings. The van der Waals surface area contributed by atoms with Crippen LogP contribution in [-0.4, -0.2) is 16.1 Å². The smallest absolute Gasteiger partial charge is 0.341 e. The lowest BCUT2D eigenvalue weighted by molar-refractivity contribution is 0.0692. The van der Waals surface area contributed by atoms with Gasteiger partial charge >= 0.3 is 5.97 Å². The largest absolute Gasteiger partial charge is 0.477 e. The minimum absolute atomic E-state index is 0.0674. The summed E-state index contributed by atoms with van der Waals surface area (Å²) in [6.45, 7) is 5.43. The second-order valence-corrected chi connectivity index (χ2v) is 4.96. The van der Waals surface area contributed by atoms with Crippen LogP contribution in [0.1, 0.15) is 27.0 Å². The average Bonchev–Trinajstić information content (AvgIpc) is 2.35. The SMILES string of the molecule is Cc1cc(Oc2nccc(C)c2C(=O)O)cc(C)c1Cl. The van der Waals surface area contributed by atoms with E-state index in [0.29, 0.717) is 16.3 Å². The molecule has 0 aliphatic rings. The number of aryl methyl sites for hydroxylation is 3. The first-order chi connectivity index (χ1) is 9.40. The van der Waals surface area contributed by atoms with Gasteiger partial charge in [-0.3, -0.25) is 0 Å². The molecule has 0 atom stereocenters. The summed E-state index contributed by atoms with van der Waals surface area (Å²) in [4.78, 5) is 15.3. The highest BCUT2D eigenvalue weighted by Gasteiger charge is 2.17. The van der Waals surface area contributed by atoms with Crippen molar-refractivity contribution in [3.8, 4) is 11.6 Å².